The van der Waals surface area contributed by atoms with Gasteiger partial charge in [0.1, 0.15) is 11.5 Å². The number of aromatic nitrogens is 1. The summed E-state index contributed by atoms with van der Waals surface area (Å²) in [5.41, 5.74) is 1.99. The zero-order valence-corrected chi connectivity index (χ0v) is 17.1. The highest BCUT2D eigenvalue weighted by Crippen LogP contribution is 2.36. The van der Waals surface area contributed by atoms with Gasteiger partial charge >= 0.3 is 12.1 Å². The van der Waals surface area contributed by atoms with Gasteiger partial charge in [0.15, 0.2) is 6.61 Å². The summed E-state index contributed by atoms with van der Waals surface area (Å²) in [5, 5.41) is 18.9. The van der Waals surface area contributed by atoms with Crippen molar-refractivity contribution in [1.82, 2.24) is 4.98 Å². The van der Waals surface area contributed by atoms with E-state index in [9.17, 15) is 23.1 Å². The molecule has 0 radical (unpaired) electrons. The number of benzene rings is 2. The number of ether oxygens (including phenoxy) is 1. The molecule has 162 valence electrons. The van der Waals surface area contributed by atoms with Crippen LogP contribution >= 0.6 is 11.8 Å². The number of thioether (sulfide) groups is 1. The molecule has 0 unspecified atom stereocenters. The maximum Gasteiger partial charge on any atom is 0.417 e. The smallest absolute Gasteiger partial charge is 0.417 e. The van der Waals surface area contributed by atoms with E-state index in [4.69, 9.17) is 9.84 Å². The first-order valence-corrected chi connectivity index (χ1v) is 10.1. The van der Waals surface area contributed by atoms with Crippen LogP contribution in [0.25, 0.3) is 11.3 Å². The number of carboxylic acid groups (broad SMARTS) is 1. The molecule has 2 N–H and O–H groups in total. The number of pyridine rings is 1. The Morgan fingerprint density at radius 3 is 2.42 bits per heavy atom. The maximum absolute atomic E-state index is 12.7. The van der Waals surface area contributed by atoms with E-state index in [1.54, 1.807) is 25.1 Å². The molecule has 1 heterocycles. The number of rotatable bonds is 7. The van der Waals surface area contributed by atoms with Gasteiger partial charge in [-0.1, -0.05) is 24.3 Å². The Balaban J connectivity index is 1.65. The molecular formula is C22H18F3NO4S. The fourth-order valence-electron chi connectivity index (χ4n) is 2.73. The molecule has 0 aliphatic heterocycles. The Kier molecular flexibility index (Phi) is 6.74. The standard InChI is InChI=1S/C22H18F3NO4S/c1-13-8-20(18(27)9-19(13)30-11-21(28)29)31-12-14-2-4-15(5-3-14)17-7-6-16(10-26-17)22(23,24)25/h2-10,27H,11-12H2,1H3,(H,28,29). The molecule has 3 rings (SSSR count). The summed E-state index contributed by atoms with van der Waals surface area (Å²) in [4.78, 5) is 15.1. The number of hydrogen-bond acceptors (Lipinski definition) is 5. The maximum atomic E-state index is 12.7. The van der Waals surface area contributed by atoms with E-state index >= 15 is 0 Å². The van der Waals surface area contributed by atoms with Crippen LogP contribution < -0.4 is 4.74 Å². The van der Waals surface area contributed by atoms with Crippen LogP contribution in [0.4, 0.5) is 13.2 Å². The van der Waals surface area contributed by atoms with Gasteiger partial charge in [-0.2, -0.15) is 13.2 Å². The summed E-state index contributed by atoms with van der Waals surface area (Å²) in [7, 11) is 0. The van der Waals surface area contributed by atoms with Crippen LogP contribution in [0.2, 0.25) is 0 Å². The van der Waals surface area contributed by atoms with Crippen molar-refractivity contribution < 1.29 is 32.9 Å². The van der Waals surface area contributed by atoms with Crippen LogP contribution in [0.5, 0.6) is 11.5 Å². The van der Waals surface area contributed by atoms with Crippen LogP contribution in [-0.2, 0) is 16.7 Å². The van der Waals surface area contributed by atoms with E-state index in [0.29, 0.717) is 33.2 Å². The van der Waals surface area contributed by atoms with E-state index in [-0.39, 0.29) is 5.75 Å². The summed E-state index contributed by atoms with van der Waals surface area (Å²) >= 11 is 1.39. The molecule has 0 saturated carbocycles. The molecule has 0 fully saturated rings. The van der Waals surface area contributed by atoms with Gasteiger partial charge in [-0.3, -0.25) is 4.98 Å². The lowest BCUT2D eigenvalue weighted by atomic mass is 10.1. The molecule has 0 atom stereocenters. The average Bonchev–Trinajstić information content (AvgIpc) is 2.73. The number of alkyl halides is 3. The Hall–Kier alpha value is -3.20. The summed E-state index contributed by atoms with van der Waals surface area (Å²) in [6, 6.07) is 12.7. The van der Waals surface area contributed by atoms with Crippen LogP contribution in [0.1, 0.15) is 16.7 Å². The third-order valence-electron chi connectivity index (χ3n) is 4.34. The van der Waals surface area contributed by atoms with Crippen LogP contribution in [0.3, 0.4) is 0 Å². The molecule has 9 heteroatoms. The number of hydrogen-bond donors (Lipinski definition) is 2. The molecule has 0 amide bonds. The zero-order chi connectivity index (χ0) is 22.6. The van der Waals surface area contributed by atoms with Gasteiger partial charge in [0, 0.05) is 28.5 Å². The Labute approximate surface area is 180 Å². The molecule has 31 heavy (non-hydrogen) atoms. The van der Waals surface area contributed by atoms with E-state index in [1.807, 2.05) is 12.1 Å². The Morgan fingerprint density at radius 2 is 1.84 bits per heavy atom. The minimum absolute atomic E-state index is 0.0124. The lowest BCUT2D eigenvalue weighted by Gasteiger charge is -2.11. The minimum atomic E-state index is -4.42. The largest absolute Gasteiger partial charge is 0.507 e. The van der Waals surface area contributed by atoms with E-state index in [2.05, 4.69) is 4.98 Å². The molecule has 5 nitrogen and oxygen atoms in total. The predicted octanol–water partition coefficient (Wildman–Crippen LogP) is 5.54. The fraction of sp³-hybridized carbons (Fsp3) is 0.182. The first-order chi connectivity index (χ1) is 14.6. The van der Waals surface area contributed by atoms with Crippen molar-refractivity contribution in [3.63, 3.8) is 0 Å². The second-order valence-electron chi connectivity index (χ2n) is 6.68. The van der Waals surface area contributed by atoms with Gasteiger partial charge in [-0.15, -0.1) is 11.8 Å². The number of halogens is 3. The molecule has 2 aromatic carbocycles. The average molecular weight is 449 g/mol. The Morgan fingerprint density at radius 1 is 1.13 bits per heavy atom. The third-order valence-corrected chi connectivity index (χ3v) is 5.46. The minimum Gasteiger partial charge on any atom is -0.507 e. The fourth-order valence-corrected chi connectivity index (χ4v) is 3.71. The van der Waals surface area contributed by atoms with Crippen molar-refractivity contribution in [2.75, 3.05) is 6.61 Å². The summed E-state index contributed by atoms with van der Waals surface area (Å²) in [5.74, 6) is -0.269. The first kappa shape index (κ1) is 22.5. The van der Waals surface area contributed by atoms with E-state index < -0.39 is 24.3 Å². The second-order valence-corrected chi connectivity index (χ2v) is 7.70. The summed E-state index contributed by atoms with van der Waals surface area (Å²) in [6.45, 7) is 1.26. The molecule has 3 aromatic rings. The van der Waals surface area contributed by atoms with Gasteiger partial charge in [0.05, 0.1) is 11.3 Å². The zero-order valence-electron chi connectivity index (χ0n) is 16.3. The molecule has 0 aliphatic rings. The number of aromatic hydroxyl groups is 1. The van der Waals surface area contributed by atoms with Crippen molar-refractivity contribution in [2.24, 2.45) is 0 Å². The van der Waals surface area contributed by atoms with Crippen LogP contribution in [0.15, 0.2) is 59.6 Å². The number of carboxylic acids is 1. The second kappa shape index (κ2) is 9.30. The lowest BCUT2D eigenvalue weighted by Crippen LogP contribution is -2.10. The lowest BCUT2D eigenvalue weighted by molar-refractivity contribution is -0.139. The quantitative estimate of drug-likeness (QED) is 0.461. The molecule has 0 aliphatic carbocycles. The predicted molar refractivity (Wildman–Crippen MR) is 110 cm³/mol. The SMILES string of the molecule is Cc1cc(SCc2ccc(-c3ccc(C(F)(F)F)cn3)cc2)c(O)cc1OCC(=O)O. The number of phenolic OH excluding ortho intramolecular Hbond substituents is 1. The molecule has 0 bridgehead atoms. The molecule has 1 aromatic heterocycles. The van der Waals surface area contributed by atoms with Crippen molar-refractivity contribution in [3.05, 3.63) is 71.4 Å². The van der Waals surface area contributed by atoms with Crippen molar-refractivity contribution in [1.29, 1.82) is 0 Å². The molecule has 0 saturated heterocycles. The summed E-state index contributed by atoms with van der Waals surface area (Å²) in [6.07, 6.45) is -3.61. The third kappa shape index (κ3) is 5.91. The highest BCUT2D eigenvalue weighted by Gasteiger charge is 2.30. The monoisotopic (exact) mass is 449 g/mol. The van der Waals surface area contributed by atoms with Gasteiger partial charge in [0.25, 0.3) is 0 Å². The number of nitrogens with zero attached hydrogens (tertiary/aromatic N) is 1. The van der Waals surface area contributed by atoms with Gasteiger partial charge < -0.3 is 14.9 Å². The van der Waals surface area contributed by atoms with Crippen molar-refractivity contribution >= 4 is 17.7 Å². The summed E-state index contributed by atoms with van der Waals surface area (Å²) < 4.78 is 43.1. The topological polar surface area (TPSA) is 79.7 Å². The molecule has 0 spiro atoms. The van der Waals surface area contributed by atoms with Crippen molar-refractivity contribution in [2.45, 2.75) is 23.7 Å². The highest BCUT2D eigenvalue weighted by atomic mass is 32.2. The number of aliphatic carboxylic acids is 1. The van der Waals surface area contributed by atoms with Gasteiger partial charge in [-0.05, 0) is 36.2 Å². The van der Waals surface area contributed by atoms with E-state index in [1.165, 1.54) is 23.9 Å². The van der Waals surface area contributed by atoms with Gasteiger partial charge in [-0.25, -0.2) is 4.79 Å². The first-order valence-electron chi connectivity index (χ1n) is 9.07. The highest BCUT2D eigenvalue weighted by molar-refractivity contribution is 7.98. The van der Waals surface area contributed by atoms with Gasteiger partial charge in [0.2, 0.25) is 0 Å². The van der Waals surface area contributed by atoms with E-state index in [0.717, 1.165) is 17.8 Å². The number of phenols is 1. The Bertz CT molecular complexity index is 1070. The van der Waals surface area contributed by atoms with Crippen molar-refractivity contribution in [3.8, 4) is 22.8 Å². The van der Waals surface area contributed by atoms with Crippen LogP contribution in [-0.4, -0.2) is 27.8 Å². The number of carbonyl (C=O) groups is 1. The van der Waals surface area contributed by atoms with Crippen LogP contribution in [0, 0.1) is 6.92 Å². The normalized spacial score (nSPS) is 11.4. The molecular weight excluding hydrogens is 431 g/mol. The number of aryl methyl sites for hydroxylation is 1.